The highest BCUT2D eigenvalue weighted by molar-refractivity contribution is 5.78. The van der Waals surface area contributed by atoms with Gasteiger partial charge in [-0.05, 0) is 45.1 Å². The Balaban J connectivity index is 2.36. The Hall–Kier alpha value is -0.610. The van der Waals surface area contributed by atoms with Crippen LogP contribution in [0.1, 0.15) is 46.5 Å². The van der Waals surface area contributed by atoms with Gasteiger partial charge in [0.05, 0.1) is 12.6 Å². The van der Waals surface area contributed by atoms with Crippen LogP contribution in [0.2, 0.25) is 0 Å². The van der Waals surface area contributed by atoms with Gasteiger partial charge in [-0.1, -0.05) is 20.3 Å². The predicted octanol–water partition coefficient (Wildman–Crippen LogP) is 1.97. The molecule has 1 fully saturated rings. The lowest BCUT2D eigenvalue weighted by Gasteiger charge is -2.29. The van der Waals surface area contributed by atoms with Gasteiger partial charge < -0.3 is 10.0 Å². The quantitative estimate of drug-likeness (QED) is 0.777. The molecule has 1 aliphatic rings. The van der Waals surface area contributed by atoms with Gasteiger partial charge in [0.2, 0.25) is 5.91 Å². The van der Waals surface area contributed by atoms with Gasteiger partial charge in [0.25, 0.3) is 0 Å². The minimum Gasteiger partial charge on any atom is -0.393 e. The molecular weight excluding hydrogens is 252 g/mol. The first-order valence-corrected chi connectivity index (χ1v) is 7.93. The Kier molecular flexibility index (Phi) is 6.96. The number of rotatable bonds is 7. The number of carbonyl (C=O) groups excluding carboxylic acids is 1. The van der Waals surface area contributed by atoms with Crippen LogP contribution in [-0.4, -0.2) is 60.1 Å². The number of aliphatic hydroxyl groups is 1. The largest absolute Gasteiger partial charge is 0.393 e. The molecule has 118 valence electrons. The number of carbonyl (C=O) groups is 1. The van der Waals surface area contributed by atoms with E-state index >= 15 is 0 Å². The molecule has 0 spiro atoms. The number of likely N-dealkylation sites (N-methyl/N-ethyl adjacent to an activating group) is 2. The highest BCUT2D eigenvalue weighted by Gasteiger charge is 2.27. The Morgan fingerprint density at radius 2 is 1.90 bits per heavy atom. The minimum atomic E-state index is -0.176. The third kappa shape index (κ3) is 5.41. The molecule has 4 heteroatoms. The van der Waals surface area contributed by atoms with Gasteiger partial charge in [-0.3, -0.25) is 9.69 Å². The summed E-state index contributed by atoms with van der Waals surface area (Å²) in [5, 5.41) is 9.85. The number of nitrogens with zero attached hydrogens (tertiary/aromatic N) is 2. The second-order valence-electron chi connectivity index (χ2n) is 6.94. The predicted molar refractivity (Wildman–Crippen MR) is 82.5 cm³/mol. The van der Waals surface area contributed by atoms with Gasteiger partial charge in [-0.15, -0.1) is 0 Å². The maximum Gasteiger partial charge on any atom is 0.236 e. The Morgan fingerprint density at radius 3 is 2.40 bits per heavy atom. The highest BCUT2D eigenvalue weighted by Crippen LogP contribution is 2.25. The van der Waals surface area contributed by atoms with E-state index in [1.54, 1.807) is 0 Å². The molecule has 0 heterocycles. The molecule has 0 aromatic carbocycles. The molecule has 0 bridgehead atoms. The number of amides is 1. The smallest absolute Gasteiger partial charge is 0.236 e. The van der Waals surface area contributed by atoms with Crippen LogP contribution in [0.25, 0.3) is 0 Å². The van der Waals surface area contributed by atoms with Crippen LogP contribution < -0.4 is 0 Å². The van der Waals surface area contributed by atoms with Crippen LogP contribution in [0.15, 0.2) is 0 Å². The summed E-state index contributed by atoms with van der Waals surface area (Å²) in [4.78, 5) is 16.2. The van der Waals surface area contributed by atoms with E-state index in [-0.39, 0.29) is 18.1 Å². The van der Waals surface area contributed by atoms with Crippen molar-refractivity contribution in [2.75, 3.05) is 27.2 Å². The van der Waals surface area contributed by atoms with Crippen molar-refractivity contribution in [2.24, 2.45) is 11.8 Å². The first kappa shape index (κ1) is 17.4. The summed E-state index contributed by atoms with van der Waals surface area (Å²) in [5.74, 6) is 1.12. The first-order valence-electron chi connectivity index (χ1n) is 7.93. The maximum absolute atomic E-state index is 12.3. The molecule has 0 aromatic heterocycles. The molecule has 0 aromatic rings. The van der Waals surface area contributed by atoms with Gasteiger partial charge in [-0.25, -0.2) is 0 Å². The molecule has 1 rings (SSSR count). The van der Waals surface area contributed by atoms with Crippen molar-refractivity contribution in [3.8, 4) is 0 Å². The molecular formula is C16H32N2O2. The van der Waals surface area contributed by atoms with Crippen molar-refractivity contribution in [2.45, 2.75) is 58.6 Å². The molecule has 1 amide bonds. The van der Waals surface area contributed by atoms with Crippen LogP contribution >= 0.6 is 0 Å². The van der Waals surface area contributed by atoms with Gasteiger partial charge in [0.1, 0.15) is 0 Å². The summed E-state index contributed by atoms with van der Waals surface area (Å²) in [6.07, 6.45) is 3.97. The molecule has 0 radical (unpaired) electrons. The SMILES string of the molecule is CC(C)CC(C)N(C)C(=O)CN(C)CC1CCCC1O. The van der Waals surface area contributed by atoms with E-state index in [1.807, 2.05) is 19.0 Å². The van der Waals surface area contributed by atoms with Crippen LogP contribution in [0.4, 0.5) is 0 Å². The van der Waals surface area contributed by atoms with Crippen molar-refractivity contribution in [1.29, 1.82) is 0 Å². The summed E-state index contributed by atoms with van der Waals surface area (Å²) in [5.41, 5.74) is 0. The second kappa shape index (κ2) is 7.99. The number of hydrogen-bond donors (Lipinski definition) is 1. The number of hydrogen-bond acceptors (Lipinski definition) is 3. The van der Waals surface area contributed by atoms with Gasteiger partial charge >= 0.3 is 0 Å². The third-order valence-electron chi connectivity index (χ3n) is 4.44. The van der Waals surface area contributed by atoms with E-state index in [0.717, 1.165) is 32.2 Å². The van der Waals surface area contributed by atoms with E-state index in [1.165, 1.54) is 0 Å². The highest BCUT2D eigenvalue weighted by atomic mass is 16.3. The van der Waals surface area contributed by atoms with Crippen molar-refractivity contribution in [1.82, 2.24) is 9.80 Å². The van der Waals surface area contributed by atoms with Crippen LogP contribution in [0, 0.1) is 11.8 Å². The van der Waals surface area contributed by atoms with E-state index in [4.69, 9.17) is 0 Å². The Morgan fingerprint density at radius 1 is 1.25 bits per heavy atom. The van der Waals surface area contributed by atoms with Crippen molar-refractivity contribution < 1.29 is 9.90 Å². The molecule has 3 atom stereocenters. The van der Waals surface area contributed by atoms with E-state index in [9.17, 15) is 9.90 Å². The summed E-state index contributed by atoms with van der Waals surface area (Å²) in [6.45, 7) is 7.74. The third-order valence-corrected chi connectivity index (χ3v) is 4.44. The fourth-order valence-corrected chi connectivity index (χ4v) is 3.12. The lowest BCUT2D eigenvalue weighted by Crippen LogP contribution is -2.43. The van der Waals surface area contributed by atoms with Crippen LogP contribution in [-0.2, 0) is 4.79 Å². The van der Waals surface area contributed by atoms with E-state index in [0.29, 0.717) is 18.4 Å². The van der Waals surface area contributed by atoms with Gasteiger partial charge in [0, 0.05) is 19.6 Å². The van der Waals surface area contributed by atoms with Crippen LogP contribution in [0.5, 0.6) is 0 Å². The van der Waals surface area contributed by atoms with Crippen LogP contribution in [0.3, 0.4) is 0 Å². The zero-order valence-corrected chi connectivity index (χ0v) is 13.8. The molecule has 1 N–H and O–H groups in total. The zero-order chi connectivity index (χ0) is 15.3. The monoisotopic (exact) mass is 284 g/mol. The lowest BCUT2D eigenvalue weighted by molar-refractivity contribution is -0.133. The second-order valence-corrected chi connectivity index (χ2v) is 6.94. The first-order chi connectivity index (χ1) is 9.31. The molecule has 4 nitrogen and oxygen atoms in total. The fourth-order valence-electron chi connectivity index (χ4n) is 3.12. The Labute approximate surface area is 124 Å². The molecule has 3 unspecified atom stereocenters. The van der Waals surface area contributed by atoms with Crippen molar-refractivity contribution in [3.05, 3.63) is 0 Å². The summed E-state index contributed by atoms with van der Waals surface area (Å²) < 4.78 is 0. The summed E-state index contributed by atoms with van der Waals surface area (Å²) in [7, 11) is 3.87. The topological polar surface area (TPSA) is 43.8 Å². The molecule has 0 saturated heterocycles. The zero-order valence-electron chi connectivity index (χ0n) is 13.8. The Bertz CT molecular complexity index is 307. The van der Waals surface area contributed by atoms with E-state index in [2.05, 4.69) is 25.7 Å². The maximum atomic E-state index is 12.3. The average molecular weight is 284 g/mol. The minimum absolute atomic E-state index is 0.174. The van der Waals surface area contributed by atoms with E-state index < -0.39 is 0 Å². The number of aliphatic hydroxyl groups excluding tert-OH is 1. The normalized spacial score (nSPS) is 24.4. The molecule has 0 aliphatic heterocycles. The average Bonchev–Trinajstić information content (AvgIpc) is 2.72. The molecule has 1 saturated carbocycles. The molecule has 1 aliphatic carbocycles. The summed E-state index contributed by atoms with van der Waals surface area (Å²) >= 11 is 0. The van der Waals surface area contributed by atoms with Gasteiger partial charge in [0.15, 0.2) is 0 Å². The van der Waals surface area contributed by atoms with Crippen molar-refractivity contribution in [3.63, 3.8) is 0 Å². The molecule has 20 heavy (non-hydrogen) atoms. The lowest BCUT2D eigenvalue weighted by atomic mass is 10.0. The standard InChI is InChI=1S/C16H32N2O2/c1-12(2)9-13(3)18(5)16(20)11-17(4)10-14-7-6-8-15(14)19/h12-15,19H,6-11H2,1-5H3. The van der Waals surface area contributed by atoms with Crippen molar-refractivity contribution >= 4 is 5.91 Å². The fraction of sp³-hybridized carbons (Fsp3) is 0.938. The summed E-state index contributed by atoms with van der Waals surface area (Å²) in [6, 6.07) is 0.285. The van der Waals surface area contributed by atoms with Gasteiger partial charge in [-0.2, -0.15) is 0 Å².